The summed E-state index contributed by atoms with van der Waals surface area (Å²) in [5.74, 6) is 1.17. The maximum absolute atomic E-state index is 6.89. The second kappa shape index (κ2) is 7.39. The highest BCUT2D eigenvalue weighted by molar-refractivity contribution is 6.74. The molecular weight excluding hydrogens is 396 g/mol. The first kappa shape index (κ1) is 20.6. The van der Waals surface area contributed by atoms with Gasteiger partial charge in [-0.2, -0.15) is 0 Å². The van der Waals surface area contributed by atoms with Gasteiger partial charge in [-0.15, -0.1) is 0 Å². The molecule has 162 valence electrons. The second-order valence-corrected chi connectivity index (χ2v) is 15.3. The lowest BCUT2D eigenvalue weighted by molar-refractivity contribution is 0.115. The van der Waals surface area contributed by atoms with Crippen molar-refractivity contribution in [2.24, 2.45) is 0 Å². The standard InChI is InChI=1S/C27H34N2OSi/c1-27(2,3)31(4,5)30-20-17-24(19-11-7-6-8-12-19)29-16-15-22-21-13-9-10-14-23(21)28-26(22)25(29)18-20/h6-14,17,24-25,28H,15-16,18H2,1-5H3/t24-,25-/m0/s1. The average molecular weight is 431 g/mol. The molecule has 31 heavy (non-hydrogen) atoms. The molecule has 0 amide bonds. The molecule has 3 aromatic rings. The minimum absolute atomic E-state index is 0.187. The van der Waals surface area contributed by atoms with Gasteiger partial charge in [0.15, 0.2) is 0 Å². The van der Waals surface area contributed by atoms with Gasteiger partial charge < -0.3 is 9.41 Å². The fourth-order valence-electron chi connectivity index (χ4n) is 4.91. The first-order valence-electron chi connectivity index (χ1n) is 11.5. The van der Waals surface area contributed by atoms with Crippen LogP contribution in [0.2, 0.25) is 18.1 Å². The predicted octanol–water partition coefficient (Wildman–Crippen LogP) is 7.12. The van der Waals surface area contributed by atoms with E-state index in [0.29, 0.717) is 6.04 Å². The number of para-hydroxylation sites is 1. The molecule has 2 aliphatic heterocycles. The average Bonchev–Trinajstić information content (AvgIpc) is 3.12. The zero-order chi connectivity index (χ0) is 21.8. The van der Waals surface area contributed by atoms with Gasteiger partial charge in [0.1, 0.15) is 0 Å². The third-order valence-electron chi connectivity index (χ3n) is 7.63. The van der Waals surface area contributed by atoms with E-state index < -0.39 is 8.32 Å². The summed E-state index contributed by atoms with van der Waals surface area (Å²) in [6.45, 7) is 12.7. The Labute approximate surface area is 187 Å². The molecule has 0 unspecified atom stereocenters. The molecule has 0 fully saturated rings. The molecular formula is C27H34N2OSi. The number of aromatic nitrogens is 1. The van der Waals surface area contributed by atoms with Gasteiger partial charge in [-0.3, -0.25) is 4.90 Å². The maximum atomic E-state index is 6.89. The van der Waals surface area contributed by atoms with Gasteiger partial charge in [0.2, 0.25) is 8.32 Å². The first-order valence-corrected chi connectivity index (χ1v) is 14.5. The fraction of sp³-hybridized carbons (Fsp3) is 0.407. The lowest BCUT2D eigenvalue weighted by atomic mass is 9.88. The second-order valence-electron chi connectivity index (χ2n) is 10.6. The lowest BCUT2D eigenvalue weighted by Crippen LogP contribution is -2.44. The zero-order valence-electron chi connectivity index (χ0n) is 19.4. The maximum Gasteiger partial charge on any atom is 0.250 e. The van der Waals surface area contributed by atoms with Crippen LogP contribution in [-0.2, 0) is 10.8 Å². The summed E-state index contributed by atoms with van der Waals surface area (Å²) >= 11 is 0. The van der Waals surface area contributed by atoms with E-state index in [1.165, 1.54) is 33.5 Å². The predicted molar refractivity (Wildman–Crippen MR) is 132 cm³/mol. The molecule has 2 aromatic carbocycles. The number of nitrogens with zero attached hydrogens (tertiary/aromatic N) is 1. The number of nitrogens with one attached hydrogen (secondary N) is 1. The third kappa shape index (κ3) is 3.56. The van der Waals surface area contributed by atoms with E-state index in [0.717, 1.165) is 19.4 Å². The van der Waals surface area contributed by atoms with Crippen molar-refractivity contribution in [1.29, 1.82) is 0 Å². The normalized spacial score (nSPS) is 22.0. The van der Waals surface area contributed by atoms with Gasteiger partial charge in [0.05, 0.1) is 17.8 Å². The summed E-state index contributed by atoms with van der Waals surface area (Å²) in [5.41, 5.74) is 5.49. The third-order valence-corrected chi connectivity index (χ3v) is 12.0. The molecule has 2 aliphatic rings. The van der Waals surface area contributed by atoms with Crippen LogP contribution < -0.4 is 0 Å². The Balaban J connectivity index is 1.59. The van der Waals surface area contributed by atoms with Crippen molar-refractivity contribution in [3.8, 4) is 0 Å². The van der Waals surface area contributed by atoms with E-state index >= 15 is 0 Å². The van der Waals surface area contributed by atoms with Gasteiger partial charge in [-0.25, -0.2) is 0 Å². The largest absolute Gasteiger partial charge is 0.547 e. The summed E-state index contributed by atoms with van der Waals surface area (Å²) in [6, 6.07) is 20.3. The quantitative estimate of drug-likeness (QED) is 0.448. The molecule has 0 spiro atoms. The Kier molecular flexibility index (Phi) is 4.91. The minimum atomic E-state index is -1.90. The Bertz CT molecular complexity index is 1120. The first-order chi connectivity index (χ1) is 14.7. The molecule has 3 nitrogen and oxygen atoms in total. The summed E-state index contributed by atoms with van der Waals surface area (Å²) in [4.78, 5) is 6.46. The van der Waals surface area contributed by atoms with Crippen LogP contribution in [0.4, 0.5) is 0 Å². The molecule has 0 aliphatic carbocycles. The number of H-pyrrole nitrogens is 1. The zero-order valence-corrected chi connectivity index (χ0v) is 20.4. The van der Waals surface area contributed by atoms with Crippen molar-refractivity contribution < 1.29 is 4.43 Å². The highest BCUT2D eigenvalue weighted by Crippen LogP contribution is 2.47. The molecule has 1 N–H and O–H groups in total. The lowest BCUT2D eigenvalue weighted by Gasteiger charge is -2.46. The summed E-state index contributed by atoms with van der Waals surface area (Å²) in [5, 5.41) is 1.57. The SMILES string of the molecule is CC(C)(C)[Si](C)(C)OC1=C[C@@H](c2ccccc2)N2CCc3c([nH]c4ccccc34)[C@@H]2C1. The highest BCUT2D eigenvalue weighted by Gasteiger charge is 2.43. The van der Waals surface area contributed by atoms with Crippen molar-refractivity contribution in [3.63, 3.8) is 0 Å². The molecule has 4 heteroatoms. The summed E-state index contributed by atoms with van der Waals surface area (Å²) in [6.07, 6.45) is 4.43. The van der Waals surface area contributed by atoms with E-state index in [2.05, 4.69) is 104 Å². The molecule has 0 radical (unpaired) electrons. The van der Waals surface area contributed by atoms with Gasteiger partial charge in [-0.05, 0) is 47.8 Å². The summed E-state index contributed by atoms with van der Waals surface area (Å²) < 4.78 is 6.89. The van der Waals surface area contributed by atoms with Crippen LogP contribution in [0.25, 0.3) is 10.9 Å². The van der Waals surface area contributed by atoms with Crippen LogP contribution in [0.3, 0.4) is 0 Å². The minimum Gasteiger partial charge on any atom is -0.547 e. The van der Waals surface area contributed by atoms with Crippen molar-refractivity contribution in [3.05, 3.63) is 83.3 Å². The van der Waals surface area contributed by atoms with E-state index in [1.54, 1.807) is 0 Å². The van der Waals surface area contributed by atoms with Gasteiger partial charge in [0.25, 0.3) is 0 Å². The highest BCUT2D eigenvalue weighted by atomic mass is 28.4. The number of rotatable bonds is 3. The molecule has 0 bridgehead atoms. The van der Waals surface area contributed by atoms with Crippen LogP contribution in [0, 0.1) is 0 Å². The van der Waals surface area contributed by atoms with Crippen LogP contribution in [0.1, 0.15) is 56.1 Å². The van der Waals surface area contributed by atoms with Crippen molar-refractivity contribution in [2.45, 2.75) is 63.8 Å². The monoisotopic (exact) mass is 430 g/mol. The van der Waals surface area contributed by atoms with Crippen LogP contribution in [0.5, 0.6) is 0 Å². The molecule has 0 saturated carbocycles. The van der Waals surface area contributed by atoms with Gasteiger partial charge in [-0.1, -0.05) is 69.3 Å². The Morgan fingerprint density at radius 3 is 2.45 bits per heavy atom. The van der Waals surface area contributed by atoms with E-state index in [9.17, 15) is 0 Å². The fourth-order valence-corrected chi connectivity index (χ4v) is 6.03. The Hall–Kier alpha value is -2.30. The molecule has 1 aromatic heterocycles. The summed E-state index contributed by atoms with van der Waals surface area (Å²) in [7, 11) is -1.90. The Morgan fingerprint density at radius 2 is 1.71 bits per heavy atom. The van der Waals surface area contributed by atoms with E-state index in [-0.39, 0.29) is 11.1 Å². The van der Waals surface area contributed by atoms with Crippen molar-refractivity contribution >= 4 is 19.2 Å². The Morgan fingerprint density at radius 1 is 1.00 bits per heavy atom. The van der Waals surface area contributed by atoms with Crippen LogP contribution in [-0.4, -0.2) is 24.7 Å². The van der Waals surface area contributed by atoms with Gasteiger partial charge >= 0.3 is 0 Å². The van der Waals surface area contributed by atoms with E-state index in [1.807, 2.05) is 0 Å². The molecule has 2 atom stereocenters. The van der Waals surface area contributed by atoms with Crippen LogP contribution >= 0.6 is 0 Å². The molecule has 3 heterocycles. The molecule has 0 saturated heterocycles. The molecule has 5 rings (SSSR count). The smallest absolute Gasteiger partial charge is 0.250 e. The van der Waals surface area contributed by atoms with Gasteiger partial charge in [0, 0.05) is 29.6 Å². The van der Waals surface area contributed by atoms with Crippen molar-refractivity contribution in [2.75, 3.05) is 6.54 Å². The number of fused-ring (bicyclic) bond motifs is 5. The number of aromatic amines is 1. The number of benzene rings is 2. The number of hydrogen-bond donors (Lipinski definition) is 1. The van der Waals surface area contributed by atoms with E-state index in [4.69, 9.17) is 4.43 Å². The van der Waals surface area contributed by atoms with Crippen molar-refractivity contribution in [1.82, 2.24) is 9.88 Å². The topological polar surface area (TPSA) is 28.3 Å². The van der Waals surface area contributed by atoms with Crippen LogP contribution in [0.15, 0.2) is 66.4 Å². The number of hydrogen-bond acceptors (Lipinski definition) is 2.